The molecule has 2 aromatic carbocycles. The van der Waals surface area contributed by atoms with E-state index in [0.29, 0.717) is 48.5 Å². The van der Waals surface area contributed by atoms with Gasteiger partial charge in [-0.05, 0) is 61.9 Å². The fraction of sp³-hybridized carbons (Fsp3) is 0.360. The van der Waals surface area contributed by atoms with Gasteiger partial charge in [-0.15, -0.1) is 0 Å². The van der Waals surface area contributed by atoms with Crippen LogP contribution in [0.5, 0.6) is 17.2 Å². The number of carbonyl (C=O) groups excluding carboxylic acids is 1. The quantitative estimate of drug-likeness (QED) is 0.259. The lowest BCUT2D eigenvalue weighted by Gasteiger charge is -2.14. The number of H-pyrrole nitrogens is 1. The third kappa shape index (κ3) is 6.97. The molecule has 9 nitrogen and oxygen atoms in total. The van der Waals surface area contributed by atoms with Crippen LogP contribution in [0.3, 0.4) is 0 Å². The fourth-order valence-electron chi connectivity index (χ4n) is 3.28. The molecular weight excluding hydrogens is 438 g/mol. The number of aromatic amines is 1. The minimum Gasteiger partial charge on any atom is -0.493 e. The van der Waals surface area contributed by atoms with E-state index in [1.54, 1.807) is 33.3 Å². The molecule has 34 heavy (non-hydrogen) atoms. The Morgan fingerprint density at radius 1 is 1.12 bits per heavy atom. The van der Waals surface area contributed by atoms with Crippen molar-refractivity contribution in [3.63, 3.8) is 0 Å². The molecule has 0 aliphatic carbocycles. The summed E-state index contributed by atoms with van der Waals surface area (Å²) >= 11 is 0. The van der Waals surface area contributed by atoms with Crippen molar-refractivity contribution in [2.45, 2.75) is 19.4 Å². The van der Waals surface area contributed by atoms with Crippen molar-refractivity contribution in [3.05, 3.63) is 59.9 Å². The molecule has 0 saturated carbocycles. The number of carbonyl (C=O) groups is 1. The first-order chi connectivity index (χ1) is 16.5. The number of aromatic nitrogens is 2. The molecule has 0 fully saturated rings. The second-order valence-electron chi connectivity index (χ2n) is 7.50. The minimum absolute atomic E-state index is 0.163. The van der Waals surface area contributed by atoms with Crippen LogP contribution in [-0.2, 0) is 11.2 Å². The Bertz CT molecular complexity index is 1050. The molecule has 182 valence electrons. The van der Waals surface area contributed by atoms with E-state index < -0.39 is 12.1 Å². The van der Waals surface area contributed by atoms with E-state index in [9.17, 15) is 9.90 Å². The lowest BCUT2D eigenvalue weighted by Crippen LogP contribution is -2.32. The van der Waals surface area contributed by atoms with Gasteiger partial charge < -0.3 is 34.4 Å². The molecule has 0 bridgehead atoms. The van der Waals surface area contributed by atoms with Crippen LogP contribution in [-0.4, -0.2) is 67.7 Å². The number of methoxy groups -OCH3 is 2. The van der Waals surface area contributed by atoms with Crippen molar-refractivity contribution >= 4 is 5.97 Å². The van der Waals surface area contributed by atoms with Crippen LogP contribution >= 0.6 is 0 Å². The maximum Gasteiger partial charge on any atom is 0.356 e. The Morgan fingerprint density at radius 2 is 1.88 bits per heavy atom. The zero-order chi connectivity index (χ0) is 24.3. The number of esters is 1. The number of nitrogens with zero attached hydrogens (tertiary/aromatic N) is 1. The lowest BCUT2D eigenvalue weighted by molar-refractivity contribution is 0.0520. The molecule has 1 atom stereocenters. The first-order valence-corrected chi connectivity index (χ1v) is 11.1. The number of nitrogens with one attached hydrogen (secondary N) is 2. The number of imidazole rings is 1. The Kier molecular flexibility index (Phi) is 9.30. The van der Waals surface area contributed by atoms with Crippen LogP contribution in [0, 0.1) is 0 Å². The summed E-state index contributed by atoms with van der Waals surface area (Å²) in [5, 5.41) is 13.4. The summed E-state index contributed by atoms with van der Waals surface area (Å²) < 4.78 is 21.2. The summed E-state index contributed by atoms with van der Waals surface area (Å²) in [6.45, 7) is 3.34. The van der Waals surface area contributed by atoms with Gasteiger partial charge in [-0.25, -0.2) is 9.78 Å². The van der Waals surface area contributed by atoms with Gasteiger partial charge >= 0.3 is 5.97 Å². The molecule has 0 aliphatic rings. The number of aliphatic hydroxyl groups is 1. The van der Waals surface area contributed by atoms with Gasteiger partial charge in [0.15, 0.2) is 11.5 Å². The second-order valence-corrected chi connectivity index (χ2v) is 7.50. The average Bonchev–Trinajstić information content (AvgIpc) is 3.36. The monoisotopic (exact) mass is 469 g/mol. The third-order valence-electron chi connectivity index (χ3n) is 5.06. The smallest absolute Gasteiger partial charge is 0.356 e. The SMILES string of the molecule is CCOC(=O)c1cnc(-c2ccc(OC[C@H](O)CNCCc3ccc(OC)c(OC)c3)cc2)[nH]1. The van der Waals surface area contributed by atoms with E-state index in [-0.39, 0.29) is 6.61 Å². The van der Waals surface area contributed by atoms with Crippen LogP contribution in [0.1, 0.15) is 23.0 Å². The Morgan fingerprint density at radius 3 is 2.59 bits per heavy atom. The fourth-order valence-corrected chi connectivity index (χ4v) is 3.28. The van der Waals surface area contributed by atoms with Crippen molar-refractivity contribution in [1.29, 1.82) is 0 Å². The van der Waals surface area contributed by atoms with Crippen molar-refractivity contribution in [2.75, 3.05) is 40.5 Å². The zero-order valence-corrected chi connectivity index (χ0v) is 19.7. The normalized spacial score (nSPS) is 11.6. The summed E-state index contributed by atoms with van der Waals surface area (Å²) in [4.78, 5) is 18.9. The van der Waals surface area contributed by atoms with Gasteiger partial charge in [0.25, 0.3) is 0 Å². The number of benzene rings is 2. The molecule has 9 heteroatoms. The van der Waals surface area contributed by atoms with E-state index >= 15 is 0 Å². The minimum atomic E-state index is -0.651. The number of aliphatic hydroxyl groups excluding tert-OH is 1. The predicted molar refractivity (Wildman–Crippen MR) is 128 cm³/mol. The molecule has 1 aromatic heterocycles. The zero-order valence-electron chi connectivity index (χ0n) is 19.7. The number of hydrogen-bond acceptors (Lipinski definition) is 8. The summed E-state index contributed by atoms with van der Waals surface area (Å²) in [5.74, 6) is 2.16. The van der Waals surface area contributed by atoms with Gasteiger partial charge in [0.05, 0.1) is 27.0 Å². The van der Waals surface area contributed by atoms with E-state index in [2.05, 4.69) is 15.3 Å². The van der Waals surface area contributed by atoms with Crippen molar-refractivity contribution in [1.82, 2.24) is 15.3 Å². The first-order valence-electron chi connectivity index (χ1n) is 11.1. The van der Waals surface area contributed by atoms with E-state index in [4.69, 9.17) is 18.9 Å². The standard InChI is InChI=1S/C25H31N3O6/c1-4-33-25(30)21-15-27-24(28-21)18-6-8-20(9-7-18)34-16-19(29)14-26-12-11-17-5-10-22(31-2)23(13-17)32-3/h5-10,13,15,19,26,29H,4,11-12,14,16H2,1-3H3,(H,27,28)/t19-/m1/s1. The topological polar surface area (TPSA) is 115 Å². The highest BCUT2D eigenvalue weighted by Gasteiger charge is 2.12. The summed E-state index contributed by atoms with van der Waals surface area (Å²) in [5.41, 5.74) is 2.22. The molecule has 0 amide bonds. The van der Waals surface area contributed by atoms with E-state index in [1.807, 2.05) is 30.3 Å². The van der Waals surface area contributed by atoms with Crippen LogP contribution in [0.4, 0.5) is 0 Å². The van der Waals surface area contributed by atoms with Gasteiger partial charge in [-0.3, -0.25) is 0 Å². The molecule has 0 saturated heterocycles. The van der Waals surface area contributed by atoms with Gasteiger partial charge in [-0.1, -0.05) is 6.07 Å². The van der Waals surface area contributed by atoms with E-state index in [0.717, 1.165) is 17.5 Å². The van der Waals surface area contributed by atoms with Crippen LogP contribution in [0.15, 0.2) is 48.7 Å². The van der Waals surface area contributed by atoms with Crippen molar-refractivity contribution in [2.24, 2.45) is 0 Å². The summed E-state index contributed by atoms with van der Waals surface area (Å²) in [7, 11) is 3.22. The predicted octanol–water partition coefficient (Wildman–Crippen LogP) is 2.84. The summed E-state index contributed by atoms with van der Waals surface area (Å²) in [6.07, 6.45) is 1.59. The molecule has 0 radical (unpaired) electrons. The molecule has 0 spiro atoms. The third-order valence-corrected chi connectivity index (χ3v) is 5.06. The van der Waals surface area contributed by atoms with Crippen LogP contribution in [0.25, 0.3) is 11.4 Å². The Balaban J connectivity index is 1.39. The molecule has 3 N–H and O–H groups in total. The Labute approximate surface area is 199 Å². The number of rotatable bonds is 13. The molecular formula is C25H31N3O6. The van der Waals surface area contributed by atoms with Gasteiger partial charge in [0.2, 0.25) is 0 Å². The van der Waals surface area contributed by atoms with Crippen molar-refractivity contribution in [3.8, 4) is 28.6 Å². The molecule has 3 aromatic rings. The highest BCUT2D eigenvalue weighted by Crippen LogP contribution is 2.27. The maximum atomic E-state index is 11.8. The molecule has 3 rings (SSSR count). The van der Waals surface area contributed by atoms with Gasteiger partial charge in [0, 0.05) is 12.1 Å². The number of hydrogen-bond donors (Lipinski definition) is 3. The van der Waals surface area contributed by atoms with Gasteiger partial charge in [0.1, 0.15) is 30.0 Å². The Hall–Kier alpha value is -3.56. The second kappa shape index (κ2) is 12.6. The molecule has 1 heterocycles. The van der Waals surface area contributed by atoms with Crippen LogP contribution < -0.4 is 19.5 Å². The highest BCUT2D eigenvalue weighted by atomic mass is 16.5. The van der Waals surface area contributed by atoms with Crippen molar-refractivity contribution < 1.29 is 28.8 Å². The molecule has 0 unspecified atom stereocenters. The first kappa shape index (κ1) is 25.1. The highest BCUT2D eigenvalue weighted by molar-refractivity contribution is 5.87. The number of ether oxygens (including phenoxy) is 4. The van der Waals surface area contributed by atoms with Crippen LogP contribution in [0.2, 0.25) is 0 Å². The molecule has 0 aliphatic heterocycles. The lowest BCUT2D eigenvalue weighted by atomic mass is 10.1. The van der Waals surface area contributed by atoms with E-state index in [1.165, 1.54) is 6.20 Å². The summed E-state index contributed by atoms with van der Waals surface area (Å²) in [6, 6.07) is 13.1. The maximum absolute atomic E-state index is 11.8. The van der Waals surface area contributed by atoms with Gasteiger partial charge in [-0.2, -0.15) is 0 Å². The largest absolute Gasteiger partial charge is 0.493 e. The average molecular weight is 470 g/mol.